The molecule has 0 radical (unpaired) electrons. The van der Waals surface area contributed by atoms with Gasteiger partial charge in [-0.05, 0) is 55.7 Å². The van der Waals surface area contributed by atoms with Crippen molar-refractivity contribution in [3.8, 4) is 11.5 Å². The molecule has 2 aromatic rings. The molecule has 0 N–H and O–H groups in total. The summed E-state index contributed by atoms with van der Waals surface area (Å²) >= 11 is 0. The maximum atomic E-state index is 13.5. The van der Waals surface area contributed by atoms with Gasteiger partial charge in [0.1, 0.15) is 22.2 Å². The summed E-state index contributed by atoms with van der Waals surface area (Å²) in [5.74, 6) is 0.346. The zero-order chi connectivity index (χ0) is 18.2. The topological polar surface area (TPSA) is 55.8 Å². The van der Waals surface area contributed by atoms with Crippen LogP contribution in [0.5, 0.6) is 11.5 Å². The van der Waals surface area contributed by atoms with E-state index < -0.39 is 10.0 Å². The van der Waals surface area contributed by atoms with Crippen LogP contribution in [-0.4, -0.2) is 28.7 Å². The molecule has 0 saturated carbocycles. The van der Waals surface area contributed by atoms with Gasteiger partial charge >= 0.3 is 0 Å². The van der Waals surface area contributed by atoms with Gasteiger partial charge in [-0.1, -0.05) is 0 Å². The summed E-state index contributed by atoms with van der Waals surface area (Å²) in [6, 6.07) is 8.54. The second kappa shape index (κ2) is 6.55. The monoisotopic (exact) mass is 365 g/mol. The number of anilines is 1. The van der Waals surface area contributed by atoms with Crippen LogP contribution in [0.3, 0.4) is 0 Å². The van der Waals surface area contributed by atoms with Crippen LogP contribution >= 0.6 is 0 Å². The molecular weight excluding hydrogens is 345 g/mol. The van der Waals surface area contributed by atoms with Crippen LogP contribution in [0.25, 0.3) is 0 Å². The van der Waals surface area contributed by atoms with E-state index in [4.69, 9.17) is 9.47 Å². The van der Waals surface area contributed by atoms with E-state index in [0.717, 1.165) is 0 Å². The van der Waals surface area contributed by atoms with Gasteiger partial charge in [0.05, 0.1) is 19.9 Å². The third-order valence-corrected chi connectivity index (χ3v) is 6.39. The normalized spacial score (nSPS) is 17.1. The van der Waals surface area contributed by atoms with Crippen LogP contribution in [0.2, 0.25) is 0 Å². The first-order valence-electron chi connectivity index (χ1n) is 7.93. The molecule has 0 bridgehead atoms. The number of rotatable bonds is 4. The van der Waals surface area contributed by atoms with Gasteiger partial charge in [0.25, 0.3) is 10.0 Å². The zero-order valence-electron chi connectivity index (χ0n) is 14.3. The number of methoxy groups -OCH3 is 2. The molecule has 1 atom stereocenters. The van der Waals surface area contributed by atoms with E-state index in [9.17, 15) is 12.8 Å². The fourth-order valence-electron chi connectivity index (χ4n) is 3.15. The van der Waals surface area contributed by atoms with E-state index >= 15 is 0 Å². The number of hydrogen-bond acceptors (Lipinski definition) is 4. The van der Waals surface area contributed by atoms with Crippen molar-refractivity contribution in [2.24, 2.45) is 0 Å². The van der Waals surface area contributed by atoms with Crippen molar-refractivity contribution in [1.29, 1.82) is 0 Å². The van der Waals surface area contributed by atoms with Crippen molar-refractivity contribution in [3.63, 3.8) is 0 Å². The standard InChI is InChI=1S/C18H20FNO4S/c1-12-4-5-13-10-14(19)6-8-16(13)20(12)25(21,22)18-9-7-15(23-2)11-17(18)24-3/h6-12H,4-5H2,1-3H3. The fourth-order valence-corrected chi connectivity index (χ4v) is 5.01. The molecule has 0 aromatic heterocycles. The molecule has 7 heteroatoms. The Labute approximate surface area is 147 Å². The van der Waals surface area contributed by atoms with Crippen molar-refractivity contribution in [1.82, 2.24) is 0 Å². The average molecular weight is 365 g/mol. The summed E-state index contributed by atoms with van der Waals surface area (Å²) in [6.45, 7) is 1.85. The highest BCUT2D eigenvalue weighted by Gasteiger charge is 2.35. The third kappa shape index (κ3) is 3.04. The number of fused-ring (bicyclic) bond motifs is 1. The number of nitrogens with zero attached hydrogens (tertiary/aromatic N) is 1. The maximum absolute atomic E-state index is 13.5. The molecule has 0 saturated heterocycles. The highest BCUT2D eigenvalue weighted by atomic mass is 32.2. The Bertz CT molecular complexity index is 898. The molecule has 0 aliphatic carbocycles. The molecule has 1 aliphatic rings. The second-order valence-electron chi connectivity index (χ2n) is 5.98. The highest BCUT2D eigenvalue weighted by Crippen LogP contribution is 2.38. The molecule has 25 heavy (non-hydrogen) atoms. The van der Waals surface area contributed by atoms with Crippen LogP contribution in [0.15, 0.2) is 41.3 Å². The Balaban J connectivity index is 2.15. The van der Waals surface area contributed by atoms with Gasteiger partial charge < -0.3 is 9.47 Å². The molecule has 3 rings (SSSR count). The van der Waals surface area contributed by atoms with Crippen molar-refractivity contribution in [3.05, 3.63) is 47.8 Å². The van der Waals surface area contributed by atoms with E-state index in [0.29, 0.717) is 29.8 Å². The Morgan fingerprint density at radius 2 is 1.88 bits per heavy atom. The molecule has 2 aromatic carbocycles. The first-order chi connectivity index (χ1) is 11.9. The lowest BCUT2D eigenvalue weighted by molar-refractivity contribution is 0.386. The summed E-state index contributed by atoms with van der Waals surface area (Å²) in [7, 11) is -0.961. The van der Waals surface area contributed by atoms with Gasteiger partial charge in [0.2, 0.25) is 0 Å². The first kappa shape index (κ1) is 17.5. The van der Waals surface area contributed by atoms with Crippen molar-refractivity contribution < 1.29 is 22.3 Å². The Morgan fingerprint density at radius 3 is 2.56 bits per heavy atom. The minimum absolute atomic E-state index is 0.0554. The maximum Gasteiger partial charge on any atom is 0.268 e. The lowest BCUT2D eigenvalue weighted by Gasteiger charge is -2.36. The number of halogens is 1. The lowest BCUT2D eigenvalue weighted by atomic mass is 9.99. The van der Waals surface area contributed by atoms with Gasteiger partial charge in [-0.2, -0.15) is 0 Å². The molecule has 1 aliphatic heterocycles. The number of sulfonamides is 1. The second-order valence-corrected chi connectivity index (χ2v) is 7.76. The fraction of sp³-hybridized carbons (Fsp3) is 0.333. The van der Waals surface area contributed by atoms with Gasteiger partial charge in [-0.15, -0.1) is 0 Å². The summed E-state index contributed by atoms with van der Waals surface area (Å²) in [5.41, 5.74) is 1.20. The summed E-state index contributed by atoms with van der Waals surface area (Å²) in [4.78, 5) is 0.0554. The Morgan fingerprint density at radius 1 is 1.12 bits per heavy atom. The summed E-state index contributed by atoms with van der Waals surface area (Å²) in [6.07, 6.45) is 1.26. The number of benzene rings is 2. The van der Waals surface area contributed by atoms with Crippen LogP contribution in [0.1, 0.15) is 18.9 Å². The third-order valence-electron chi connectivity index (χ3n) is 4.42. The number of hydrogen-bond donors (Lipinski definition) is 0. The van der Waals surface area contributed by atoms with E-state index in [1.54, 1.807) is 6.07 Å². The van der Waals surface area contributed by atoms with E-state index in [-0.39, 0.29) is 22.5 Å². The molecule has 5 nitrogen and oxygen atoms in total. The number of aryl methyl sites for hydroxylation is 1. The Hall–Kier alpha value is -2.28. The molecule has 1 heterocycles. The van der Waals surface area contributed by atoms with Crippen molar-refractivity contribution in [2.75, 3.05) is 18.5 Å². The largest absolute Gasteiger partial charge is 0.497 e. The quantitative estimate of drug-likeness (QED) is 0.834. The molecule has 0 spiro atoms. The van der Waals surface area contributed by atoms with E-state index in [1.807, 2.05) is 6.92 Å². The predicted molar refractivity (Wildman–Crippen MR) is 93.4 cm³/mol. The van der Waals surface area contributed by atoms with Gasteiger partial charge in [-0.3, -0.25) is 4.31 Å². The van der Waals surface area contributed by atoms with Crippen molar-refractivity contribution in [2.45, 2.75) is 30.7 Å². The van der Waals surface area contributed by atoms with Gasteiger partial charge in [0.15, 0.2) is 0 Å². The van der Waals surface area contributed by atoms with E-state index in [1.165, 1.54) is 48.9 Å². The minimum Gasteiger partial charge on any atom is -0.497 e. The van der Waals surface area contributed by atoms with Gasteiger partial charge in [-0.25, -0.2) is 12.8 Å². The summed E-state index contributed by atoms with van der Waals surface area (Å²) < 4.78 is 52.0. The zero-order valence-corrected chi connectivity index (χ0v) is 15.1. The van der Waals surface area contributed by atoms with Crippen molar-refractivity contribution >= 4 is 15.7 Å². The molecular formula is C18H20FNO4S. The first-order valence-corrected chi connectivity index (χ1v) is 9.37. The smallest absolute Gasteiger partial charge is 0.268 e. The van der Waals surface area contributed by atoms with Crippen LogP contribution in [0.4, 0.5) is 10.1 Å². The summed E-state index contributed by atoms with van der Waals surface area (Å²) in [5, 5.41) is 0. The molecule has 134 valence electrons. The SMILES string of the molecule is COc1ccc(S(=O)(=O)N2c3ccc(F)cc3CCC2C)c(OC)c1. The average Bonchev–Trinajstić information content (AvgIpc) is 2.60. The Kier molecular flexibility index (Phi) is 4.60. The van der Waals surface area contributed by atoms with Gasteiger partial charge in [0, 0.05) is 12.1 Å². The molecule has 0 amide bonds. The lowest BCUT2D eigenvalue weighted by Crippen LogP contribution is -2.42. The van der Waals surface area contributed by atoms with E-state index in [2.05, 4.69) is 0 Å². The van der Waals surface area contributed by atoms with Crippen LogP contribution in [0, 0.1) is 5.82 Å². The predicted octanol–water partition coefficient (Wildman–Crippen LogP) is 3.37. The van der Waals surface area contributed by atoms with Crippen LogP contribution < -0.4 is 13.8 Å². The minimum atomic E-state index is -3.87. The highest BCUT2D eigenvalue weighted by molar-refractivity contribution is 7.93. The number of ether oxygens (including phenoxy) is 2. The van der Waals surface area contributed by atoms with Crippen LogP contribution in [-0.2, 0) is 16.4 Å². The molecule has 1 unspecified atom stereocenters. The molecule has 0 fully saturated rings.